The van der Waals surface area contributed by atoms with Gasteiger partial charge >= 0.3 is 6.18 Å². The zero-order valence-corrected chi connectivity index (χ0v) is 21.0. The van der Waals surface area contributed by atoms with Gasteiger partial charge in [-0.3, -0.25) is 4.90 Å². The van der Waals surface area contributed by atoms with Crippen LogP contribution in [0.4, 0.5) is 13.2 Å². The largest absolute Gasteiger partial charge is 0.493 e. The molecule has 2 aliphatic heterocycles. The number of halogens is 3. The summed E-state index contributed by atoms with van der Waals surface area (Å²) in [5, 5.41) is 10.9. The van der Waals surface area contributed by atoms with Gasteiger partial charge in [-0.15, -0.1) is 0 Å². The lowest BCUT2D eigenvalue weighted by atomic mass is 9.75. The highest BCUT2D eigenvalue weighted by Gasteiger charge is 2.39. The van der Waals surface area contributed by atoms with Crippen molar-refractivity contribution in [2.75, 3.05) is 26.8 Å². The van der Waals surface area contributed by atoms with Gasteiger partial charge in [-0.1, -0.05) is 32.9 Å². The molecule has 0 aromatic heterocycles. The molecule has 35 heavy (non-hydrogen) atoms. The molecule has 1 N–H and O–H groups in total. The summed E-state index contributed by atoms with van der Waals surface area (Å²) >= 11 is 0. The molecule has 3 unspecified atom stereocenters. The molecule has 1 fully saturated rings. The quantitative estimate of drug-likeness (QED) is 0.534. The van der Waals surface area contributed by atoms with Crippen LogP contribution in [0.2, 0.25) is 0 Å². The van der Waals surface area contributed by atoms with Crippen LogP contribution in [0.15, 0.2) is 36.4 Å². The molecule has 0 amide bonds. The number of ether oxygens (including phenoxy) is 2. The Morgan fingerprint density at radius 3 is 2.40 bits per heavy atom. The number of nitrogens with zero attached hydrogens (tertiary/aromatic N) is 1. The summed E-state index contributed by atoms with van der Waals surface area (Å²) in [7, 11) is 1.61. The lowest BCUT2D eigenvalue weighted by Crippen LogP contribution is -2.48. The van der Waals surface area contributed by atoms with Crippen LogP contribution in [0.25, 0.3) is 0 Å². The topological polar surface area (TPSA) is 41.9 Å². The van der Waals surface area contributed by atoms with E-state index in [0.29, 0.717) is 30.9 Å². The number of piperidine rings is 1. The van der Waals surface area contributed by atoms with Crippen molar-refractivity contribution in [1.82, 2.24) is 4.90 Å². The number of rotatable bonds is 6. The van der Waals surface area contributed by atoms with Gasteiger partial charge in [0.1, 0.15) is 0 Å². The summed E-state index contributed by atoms with van der Waals surface area (Å²) in [4.78, 5) is 2.50. The molecule has 0 spiro atoms. The first kappa shape index (κ1) is 25.8. The van der Waals surface area contributed by atoms with Crippen molar-refractivity contribution in [2.45, 2.75) is 64.8 Å². The maximum absolute atomic E-state index is 12.8. The molecule has 3 atom stereocenters. The minimum atomic E-state index is -4.33. The van der Waals surface area contributed by atoms with Crippen molar-refractivity contribution >= 4 is 0 Å². The molecule has 2 heterocycles. The summed E-state index contributed by atoms with van der Waals surface area (Å²) in [5.41, 5.74) is 2.72. The molecule has 0 aliphatic carbocycles. The molecule has 2 aliphatic rings. The second kappa shape index (κ2) is 10.0. The van der Waals surface area contributed by atoms with E-state index in [1.807, 2.05) is 12.1 Å². The molecule has 0 saturated carbocycles. The van der Waals surface area contributed by atoms with Gasteiger partial charge in [0.05, 0.1) is 25.4 Å². The highest BCUT2D eigenvalue weighted by Crippen LogP contribution is 2.44. The second-order valence-electron chi connectivity index (χ2n) is 11.1. The number of benzene rings is 2. The number of aliphatic hydroxyl groups excluding tert-OH is 1. The monoisotopic (exact) mass is 491 g/mol. The molecule has 7 heteroatoms. The Hall–Kier alpha value is -2.25. The molecular weight excluding hydrogens is 455 g/mol. The molecule has 192 valence electrons. The number of fused-ring (bicyclic) bond motifs is 3. The molecule has 1 saturated heterocycles. The lowest BCUT2D eigenvalue weighted by molar-refractivity contribution is -0.137. The van der Waals surface area contributed by atoms with Crippen molar-refractivity contribution in [2.24, 2.45) is 11.3 Å². The summed E-state index contributed by atoms with van der Waals surface area (Å²) < 4.78 is 49.9. The normalized spacial score (nSPS) is 22.9. The van der Waals surface area contributed by atoms with E-state index in [0.717, 1.165) is 43.6 Å². The zero-order valence-electron chi connectivity index (χ0n) is 21.0. The number of alkyl halides is 3. The first-order chi connectivity index (χ1) is 16.4. The SMILES string of the molecule is COc1cc2c(cc1OCCc1ccc(C(F)(F)F)cc1)CCN1CC(CC(C)(C)C)C(O)CC21. The highest BCUT2D eigenvalue weighted by atomic mass is 19.4. The van der Waals surface area contributed by atoms with Crippen LogP contribution < -0.4 is 9.47 Å². The number of methoxy groups -OCH3 is 1. The summed E-state index contributed by atoms with van der Waals surface area (Å²) in [6.07, 6.45) is -1.54. The van der Waals surface area contributed by atoms with Gasteiger partial charge in [0.2, 0.25) is 0 Å². The van der Waals surface area contributed by atoms with Crippen LogP contribution in [0.5, 0.6) is 11.5 Å². The minimum absolute atomic E-state index is 0.167. The standard InChI is InChI=1S/C28H36F3NO3/c1-27(2,3)16-20-17-32-11-9-19-13-26(25(34-4)14-22(19)23(32)15-24(20)33)35-12-10-18-5-7-21(8-6-18)28(29,30)31/h5-8,13-14,20,23-24,33H,9-12,15-17H2,1-4H3. The second-order valence-corrected chi connectivity index (χ2v) is 11.1. The van der Waals surface area contributed by atoms with E-state index in [9.17, 15) is 18.3 Å². The zero-order chi connectivity index (χ0) is 25.4. The molecule has 0 bridgehead atoms. The van der Waals surface area contributed by atoms with Crippen LogP contribution in [0, 0.1) is 11.3 Å². The Morgan fingerprint density at radius 2 is 1.77 bits per heavy atom. The third kappa shape index (κ3) is 6.12. The van der Waals surface area contributed by atoms with Crippen molar-refractivity contribution in [1.29, 1.82) is 0 Å². The first-order valence-corrected chi connectivity index (χ1v) is 12.4. The molecule has 2 aromatic carbocycles. The Bertz CT molecular complexity index is 1010. The Labute approximate surface area is 206 Å². The molecule has 2 aromatic rings. The fourth-order valence-electron chi connectivity index (χ4n) is 5.50. The van der Waals surface area contributed by atoms with Crippen LogP contribution in [0.3, 0.4) is 0 Å². The Morgan fingerprint density at radius 1 is 1.06 bits per heavy atom. The average Bonchev–Trinajstić information content (AvgIpc) is 2.78. The van der Waals surface area contributed by atoms with E-state index in [1.54, 1.807) is 7.11 Å². The summed E-state index contributed by atoms with van der Waals surface area (Å²) in [6.45, 7) is 8.85. The maximum atomic E-state index is 12.8. The third-order valence-corrected chi connectivity index (χ3v) is 7.18. The van der Waals surface area contributed by atoms with E-state index in [4.69, 9.17) is 9.47 Å². The summed E-state index contributed by atoms with van der Waals surface area (Å²) in [5.74, 6) is 1.57. The fourth-order valence-corrected chi connectivity index (χ4v) is 5.50. The van der Waals surface area contributed by atoms with Gasteiger partial charge in [-0.05, 0) is 71.6 Å². The molecule has 4 rings (SSSR count). The van der Waals surface area contributed by atoms with Gasteiger partial charge in [-0.2, -0.15) is 13.2 Å². The Balaban J connectivity index is 1.43. The van der Waals surface area contributed by atoms with Crippen molar-refractivity contribution in [3.05, 3.63) is 58.7 Å². The van der Waals surface area contributed by atoms with Gasteiger partial charge < -0.3 is 14.6 Å². The Kier molecular flexibility index (Phi) is 7.39. The fraction of sp³-hybridized carbons (Fsp3) is 0.571. The van der Waals surface area contributed by atoms with Crippen molar-refractivity contribution in [3.63, 3.8) is 0 Å². The summed E-state index contributed by atoms with van der Waals surface area (Å²) in [6, 6.07) is 9.43. The average molecular weight is 492 g/mol. The van der Waals surface area contributed by atoms with Crippen LogP contribution in [-0.4, -0.2) is 42.9 Å². The smallest absolute Gasteiger partial charge is 0.416 e. The lowest BCUT2D eigenvalue weighted by Gasteiger charge is -2.47. The van der Waals surface area contributed by atoms with Crippen molar-refractivity contribution < 1.29 is 27.8 Å². The number of aliphatic hydroxyl groups is 1. The predicted molar refractivity (Wildman–Crippen MR) is 130 cm³/mol. The maximum Gasteiger partial charge on any atom is 0.416 e. The van der Waals surface area contributed by atoms with Crippen molar-refractivity contribution in [3.8, 4) is 11.5 Å². The molecular formula is C28H36F3NO3. The number of hydrogen-bond donors (Lipinski definition) is 1. The minimum Gasteiger partial charge on any atom is -0.493 e. The van der Waals surface area contributed by atoms with Gasteiger partial charge in [0, 0.05) is 25.6 Å². The van der Waals surface area contributed by atoms with E-state index < -0.39 is 11.7 Å². The van der Waals surface area contributed by atoms with Gasteiger partial charge in [-0.25, -0.2) is 0 Å². The highest BCUT2D eigenvalue weighted by molar-refractivity contribution is 5.49. The molecule has 4 nitrogen and oxygen atoms in total. The van der Waals surface area contributed by atoms with Gasteiger partial charge in [0.25, 0.3) is 0 Å². The number of hydrogen-bond acceptors (Lipinski definition) is 4. The molecule has 0 radical (unpaired) electrons. The van der Waals surface area contributed by atoms with E-state index in [1.165, 1.54) is 23.3 Å². The predicted octanol–water partition coefficient (Wildman–Crippen LogP) is 6.05. The van der Waals surface area contributed by atoms with Crippen LogP contribution >= 0.6 is 0 Å². The van der Waals surface area contributed by atoms with Crippen LogP contribution in [0.1, 0.15) is 61.9 Å². The van der Waals surface area contributed by atoms with Gasteiger partial charge in [0.15, 0.2) is 11.5 Å². The van der Waals surface area contributed by atoms with Crippen LogP contribution in [-0.2, 0) is 19.0 Å². The van der Waals surface area contributed by atoms with E-state index >= 15 is 0 Å². The van der Waals surface area contributed by atoms with E-state index in [2.05, 4.69) is 25.7 Å². The first-order valence-electron chi connectivity index (χ1n) is 12.4. The van der Waals surface area contributed by atoms with E-state index in [-0.39, 0.29) is 23.5 Å². The third-order valence-electron chi connectivity index (χ3n) is 7.18.